The Hall–Kier alpha value is -1.80. The zero-order chi connectivity index (χ0) is 15.3. The SMILES string of the molecule is CCC(C)(C)c1ccc(OCC(N)c2ccccc2)cc1. The third-order valence-electron chi connectivity index (χ3n) is 4.18. The molecule has 2 aromatic rings. The second kappa shape index (κ2) is 6.77. The lowest BCUT2D eigenvalue weighted by molar-refractivity contribution is 0.290. The second-order valence-corrected chi connectivity index (χ2v) is 6.09. The summed E-state index contributed by atoms with van der Waals surface area (Å²) in [4.78, 5) is 0. The lowest BCUT2D eigenvalue weighted by Crippen LogP contribution is -2.19. The highest BCUT2D eigenvalue weighted by molar-refractivity contribution is 5.31. The van der Waals surface area contributed by atoms with Gasteiger partial charge in [-0.2, -0.15) is 0 Å². The maximum atomic E-state index is 6.14. The molecule has 2 aromatic carbocycles. The number of hydrogen-bond donors (Lipinski definition) is 1. The normalized spacial score (nSPS) is 13.0. The first-order chi connectivity index (χ1) is 10.0. The van der Waals surface area contributed by atoms with Crippen molar-refractivity contribution in [2.75, 3.05) is 6.61 Å². The fourth-order valence-electron chi connectivity index (χ4n) is 2.19. The summed E-state index contributed by atoms with van der Waals surface area (Å²) in [6.07, 6.45) is 1.12. The molecular weight excluding hydrogens is 258 g/mol. The van der Waals surface area contributed by atoms with Gasteiger partial charge in [-0.25, -0.2) is 0 Å². The van der Waals surface area contributed by atoms with Crippen molar-refractivity contribution in [3.8, 4) is 5.75 Å². The number of benzene rings is 2. The summed E-state index contributed by atoms with van der Waals surface area (Å²) >= 11 is 0. The summed E-state index contributed by atoms with van der Waals surface area (Å²) in [6, 6.07) is 18.3. The van der Waals surface area contributed by atoms with E-state index in [2.05, 4.69) is 32.9 Å². The molecule has 1 unspecified atom stereocenters. The Labute approximate surface area is 127 Å². The van der Waals surface area contributed by atoms with Crippen molar-refractivity contribution in [3.63, 3.8) is 0 Å². The summed E-state index contributed by atoms with van der Waals surface area (Å²) in [6.45, 7) is 7.21. The minimum Gasteiger partial charge on any atom is -0.492 e. The van der Waals surface area contributed by atoms with Gasteiger partial charge in [-0.05, 0) is 35.1 Å². The number of ether oxygens (including phenoxy) is 1. The highest BCUT2D eigenvalue weighted by Gasteiger charge is 2.17. The highest BCUT2D eigenvalue weighted by atomic mass is 16.5. The van der Waals surface area contributed by atoms with Gasteiger partial charge in [0.2, 0.25) is 0 Å². The lowest BCUT2D eigenvalue weighted by atomic mass is 9.82. The van der Waals surface area contributed by atoms with Crippen LogP contribution in [0.2, 0.25) is 0 Å². The molecule has 0 heterocycles. The van der Waals surface area contributed by atoms with Crippen LogP contribution in [0.5, 0.6) is 5.75 Å². The van der Waals surface area contributed by atoms with Gasteiger partial charge in [0.1, 0.15) is 12.4 Å². The van der Waals surface area contributed by atoms with Gasteiger partial charge < -0.3 is 10.5 Å². The summed E-state index contributed by atoms with van der Waals surface area (Å²) in [5.74, 6) is 0.872. The first kappa shape index (κ1) is 15.6. The summed E-state index contributed by atoms with van der Waals surface area (Å²) in [5.41, 5.74) is 8.78. The summed E-state index contributed by atoms with van der Waals surface area (Å²) in [5, 5.41) is 0. The number of nitrogens with two attached hydrogens (primary N) is 1. The van der Waals surface area contributed by atoms with E-state index in [-0.39, 0.29) is 11.5 Å². The van der Waals surface area contributed by atoms with Crippen molar-refractivity contribution < 1.29 is 4.74 Å². The molecule has 0 aromatic heterocycles. The smallest absolute Gasteiger partial charge is 0.119 e. The Morgan fingerprint density at radius 1 is 1.00 bits per heavy atom. The molecule has 0 aliphatic carbocycles. The van der Waals surface area contributed by atoms with Gasteiger partial charge in [-0.1, -0.05) is 63.2 Å². The predicted molar refractivity (Wildman–Crippen MR) is 88.6 cm³/mol. The molecule has 112 valence electrons. The first-order valence-electron chi connectivity index (χ1n) is 7.57. The van der Waals surface area contributed by atoms with Crippen molar-refractivity contribution in [1.82, 2.24) is 0 Å². The Balaban J connectivity index is 1.95. The predicted octanol–water partition coefficient (Wildman–Crippen LogP) is 4.45. The Morgan fingerprint density at radius 2 is 1.62 bits per heavy atom. The van der Waals surface area contributed by atoms with Gasteiger partial charge in [-0.15, -0.1) is 0 Å². The quantitative estimate of drug-likeness (QED) is 0.850. The maximum Gasteiger partial charge on any atom is 0.119 e. The Morgan fingerprint density at radius 3 is 2.19 bits per heavy atom. The van der Waals surface area contributed by atoms with E-state index >= 15 is 0 Å². The van der Waals surface area contributed by atoms with E-state index < -0.39 is 0 Å². The van der Waals surface area contributed by atoms with Crippen LogP contribution in [0.15, 0.2) is 54.6 Å². The number of rotatable bonds is 6. The summed E-state index contributed by atoms with van der Waals surface area (Å²) in [7, 11) is 0. The van der Waals surface area contributed by atoms with E-state index in [1.54, 1.807) is 0 Å². The van der Waals surface area contributed by atoms with Crippen molar-refractivity contribution >= 4 is 0 Å². The van der Waals surface area contributed by atoms with Crippen LogP contribution in [-0.4, -0.2) is 6.61 Å². The van der Waals surface area contributed by atoms with Crippen LogP contribution < -0.4 is 10.5 Å². The fraction of sp³-hybridized carbons (Fsp3) is 0.368. The molecular formula is C19H25NO. The van der Waals surface area contributed by atoms with Crippen molar-refractivity contribution in [2.24, 2.45) is 5.73 Å². The molecule has 0 amide bonds. The maximum absolute atomic E-state index is 6.14. The largest absolute Gasteiger partial charge is 0.492 e. The molecule has 0 saturated heterocycles. The van der Waals surface area contributed by atoms with Gasteiger partial charge in [0.05, 0.1) is 6.04 Å². The molecule has 2 N–H and O–H groups in total. The molecule has 0 saturated carbocycles. The average molecular weight is 283 g/mol. The molecule has 0 fully saturated rings. The van der Waals surface area contributed by atoms with Gasteiger partial charge in [0.25, 0.3) is 0 Å². The molecule has 1 atom stereocenters. The van der Waals surface area contributed by atoms with Crippen LogP contribution in [0.4, 0.5) is 0 Å². The highest BCUT2D eigenvalue weighted by Crippen LogP contribution is 2.28. The molecule has 0 bridgehead atoms. The van der Waals surface area contributed by atoms with Crippen LogP contribution in [0, 0.1) is 0 Å². The van der Waals surface area contributed by atoms with Crippen molar-refractivity contribution in [2.45, 2.75) is 38.6 Å². The molecule has 2 heteroatoms. The second-order valence-electron chi connectivity index (χ2n) is 6.09. The van der Waals surface area contributed by atoms with Crippen LogP contribution >= 0.6 is 0 Å². The minimum atomic E-state index is -0.0991. The first-order valence-corrected chi connectivity index (χ1v) is 7.57. The van der Waals surface area contributed by atoms with Crippen molar-refractivity contribution in [1.29, 1.82) is 0 Å². The lowest BCUT2D eigenvalue weighted by Gasteiger charge is -2.23. The van der Waals surface area contributed by atoms with Gasteiger partial charge in [-0.3, -0.25) is 0 Å². The fourth-order valence-corrected chi connectivity index (χ4v) is 2.19. The van der Waals surface area contributed by atoms with Crippen LogP contribution in [0.1, 0.15) is 44.4 Å². The molecule has 0 aliphatic heterocycles. The van der Waals surface area contributed by atoms with Crippen LogP contribution in [0.25, 0.3) is 0 Å². The standard InChI is InChI=1S/C19H25NO/c1-4-19(2,3)16-10-12-17(13-11-16)21-14-18(20)15-8-6-5-7-9-15/h5-13,18H,4,14,20H2,1-3H3. The van der Waals surface area contributed by atoms with Crippen LogP contribution in [0.3, 0.4) is 0 Å². The third-order valence-corrected chi connectivity index (χ3v) is 4.18. The molecule has 0 aliphatic rings. The zero-order valence-electron chi connectivity index (χ0n) is 13.2. The van der Waals surface area contributed by atoms with E-state index in [1.807, 2.05) is 42.5 Å². The van der Waals surface area contributed by atoms with E-state index in [0.717, 1.165) is 17.7 Å². The molecule has 2 nitrogen and oxygen atoms in total. The third kappa shape index (κ3) is 4.08. The number of hydrogen-bond acceptors (Lipinski definition) is 2. The average Bonchev–Trinajstić information content (AvgIpc) is 2.54. The van der Waals surface area contributed by atoms with Crippen LogP contribution in [-0.2, 0) is 5.41 Å². The zero-order valence-corrected chi connectivity index (χ0v) is 13.2. The minimum absolute atomic E-state index is 0.0991. The van der Waals surface area contributed by atoms with E-state index in [0.29, 0.717) is 6.61 Å². The van der Waals surface area contributed by atoms with Crippen molar-refractivity contribution in [3.05, 3.63) is 65.7 Å². The van der Waals surface area contributed by atoms with Gasteiger partial charge in [0, 0.05) is 0 Å². The van der Waals surface area contributed by atoms with E-state index in [1.165, 1.54) is 5.56 Å². The molecule has 0 spiro atoms. The molecule has 21 heavy (non-hydrogen) atoms. The van der Waals surface area contributed by atoms with E-state index in [9.17, 15) is 0 Å². The molecule has 0 radical (unpaired) electrons. The topological polar surface area (TPSA) is 35.2 Å². The van der Waals surface area contributed by atoms with E-state index in [4.69, 9.17) is 10.5 Å². The monoisotopic (exact) mass is 283 g/mol. The Bertz CT molecular complexity index is 546. The van der Waals surface area contributed by atoms with Gasteiger partial charge in [0.15, 0.2) is 0 Å². The molecule has 2 rings (SSSR count). The van der Waals surface area contributed by atoms with Gasteiger partial charge >= 0.3 is 0 Å². The summed E-state index contributed by atoms with van der Waals surface area (Å²) < 4.78 is 5.80. The Kier molecular flexibility index (Phi) is 5.03.